The van der Waals surface area contributed by atoms with Gasteiger partial charge in [-0.25, -0.2) is 4.79 Å². The Balaban J connectivity index is 1.63. The van der Waals surface area contributed by atoms with Crippen molar-refractivity contribution in [1.82, 2.24) is 14.1 Å². The minimum absolute atomic E-state index is 0.166. The Hall–Kier alpha value is -2.64. The lowest BCUT2D eigenvalue weighted by molar-refractivity contribution is -0.147. The molecular formula is C25H29N3O3S. The number of imide groups is 2. The van der Waals surface area contributed by atoms with E-state index in [1.165, 1.54) is 15.6 Å². The summed E-state index contributed by atoms with van der Waals surface area (Å²) in [6.45, 7) is 6.29. The van der Waals surface area contributed by atoms with Crippen LogP contribution in [0.15, 0.2) is 53.4 Å². The molecule has 32 heavy (non-hydrogen) atoms. The van der Waals surface area contributed by atoms with Crippen LogP contribution in [0.1, 0.15) is 36.0 Å². The minimum atomic E-state index is -0.868. The average Bonchev–Trinajstić information content (AvgIpc) is 2.80. The van der Waals surface area contributed by atoms with Crippen molar-refractivity contribution < 1.29 is 14.4 Å². The monoisotopic (exact) mass is 451 g/mol. The molecule has 1 atom stereocenters. The third kappa shape index (κ3) is 4.89. The fraction of sp³-hybridized carbons (Fsp3) is 0.400. The predicted molar refractivity (Wildman–Crippen MR) is 125 cm³/mol. The van der Waals surface area contributed by atoms with E-state index in [9.17, 15) is 14.4 Å². The normalized spacial score (nSPS) is 20.2. The highest BCUT2D eigenvalue weighted by Gasteiger charge is 2.47. The number of likely N-dealkylation sites (tertiary alicyclic amines) is 1. The Labute approximate surface area is 193 Å². The number of aryl methyl sites for hydroxylation is 2. The molecule has 4 rings (SSSR count). The molecule has 2 aromatic carbocycles. The lowest BCUT2D eigenvalue weighted by Crippen LogP contribution is -2.59. The quantitative estimate of drug-likeness (QED) is 0.481. The summed E-state index contributed by atoms with van der Waals surface area (Å²) in [5.74, 6) is -1.68. The summed E-state index contributed by atoms with van der Waals surface area (Å²) in [7, 11) is 0. The van der Waals surface area contributed by atoms with Crippen LogP contribution in [-0.4, -0.2) is 51.6 Å². The van der Waals surface area contributed by atoms with E-state index in [2.05, 4.69) is 4.90 Å². The van der Waals surface area contributed by atoms with Crippen molar-refractivity contribution >= 4 is 29.8 Å². The first-order chi connectivity index (χ1) is 15.4. The van der Waals surface area contributed by atoms with E-state index in [1.54, 1.807) is 0 Å². The summed E-state index contributed by atoms with van der Waals surface area (Å²) in [4.78, 5) is 44.3. The molecule has 0 saturated carbocycles. The molecule has 0 aliphatic carbocycles. The van der Waals surface area contributed by atoms with Gasteiger partial charge in [0.15, 0.2) is 0 Å². The minimum Gasteiger partial charge on any atom is -0.302 e. The number of rotatable bonds is 6. The second-order valence-corrected chi connectivity index (χ2v) is 9.61. The van der Waals surface area contributed by atoms with Gasteiger partial charge < -0.3 is 4.90 Å². The maximum atomic E-state index is 13.4. The summed E-state index contributed by atoms with van der Waals surface area (Å²) in [5, 5.41) is 0. The van der Waals surface area contributed by atoms with Crippen LogP contribution in [0.5, 0.6) is 0 Å². The number of benzene rings is 2. The highest BCUT2D eigenvalue weighted by atomic mass is 32.2. The Bertz CT molecular complexity index is 1000. The molecule has 2 aliphatic rings. The predicted octanol–water partition coefficient (Wildman–Crippen LogP) is 4.40. The molecule has 2 fully saturated rings. The molecule has 1 unspecified atom stereocenters. The summed E-state index contributed by atoms with van der Waals surface area (Å²) in [5.41, 5.74) is 3.06. The van der Waals surface area contributed by atoms with Gasteiger partial charge >= 0.3 is 6.03 Å². The second kappa shape index (κ2) is 9.88. The molecule has 2 aromatic rings. The van der Waals surface area contributed by atoms with E-state index < -0.39 is 23.8 Å². The average molecular weight is 452 g/mol. The SMILES string of the molecule is Cc1ccc(CN2C(=O)C(CN3CCCCC3)C(=O)N(Sc3ccccc3)C2=O)c(C)c1. The van der Waals surface area contributed by atoms with Crippen molar-refractivity contribution in [3.05, 3.63) is 65.2 Å². The molecule has 0 N–H and O–H groups in total. The van der Waals surface area contributed by atoms with Crippen LogP contribution in [-0.2, 0) is 16.1 Å². The maximum absolute atomic E-state index is 13.4. The molecule has 4 amide bonds. The standard InChI is InChI=1S/C25H29N3O3S/c1-18-11-12-20(19(2)15-18)16-27-23(29)22(17-26-13-7-4-8-14-26)24(30)28(25(27)31)32-21-9-5-3-6-10-21/h3,5-6,9-12,15,22H,4,7-8,13-14,16-17H2,1-2H3. The van der Waals surface area contributed by atoms with Gasteiger partial charge in [0, 0.05) is 11.4 Å². The molecule has 0 spiro atoms. The topological polar surface area (TPSA) is 60.9 Å². The largest absolute Gasteiger partial charge is 0.344 e. The number of hydrogen-bond donors (Lipinski definition) is 0. The zero-order valence-electron chi connectivity index (χ0n) is 18.6. The number of carbonyl (C=O) groups excluding carboxylic acids is 3. The lowest BCUT2D eigenvalue weighted by atomic mass is 10.0. The van der Waals surface area contributed by atoms with Crippen molar-refractivity contribution in [3.8, 4) is 0 Å². The summed E-state index contributed by atoms with van der Waals surface area (Å²) in [6.07, 6.45) is 3.32. The van der Waals surface area contributed by atoms with Crippen molar-refractivity contribution in [2.45, 2.75) is 44.6 Å². The van der Waals surface area contributed by atoms with Crippen molar-refractivity contribution in [2.75, 3.05) is 19.6 Å². The summed E-state index contributed by atoms with van der Waals surface area (Å²) >= 11 is 1.09. The van der Waals surface area contributed by atoms with Gasteiger partial charge in [-0.2, -0.15) is 4.31 Å². The van der Waals surface area contributed by atoms with Crippen LogP contribution in [0.4, 0.5) is 4.79 Å². The van der Waals surface area contributed by atoms with Crippen molar-refractivity contribution in [1.29, 1.82) is 0 Å². The number of amides is 4. The summed E-state index contributed by atoms with van der Waals surface area (Å²) in [6, 6.07) is 14.7. The van der Waals surface area contributed by atoms with Crippen LogP contribution in [0.25, 0.3) is 0 Å². The highest BCUT2D eigenvalue weighted by Crippen LogP contribution is 2.31. The van der Waals surface area contributed by atoms with Gasteiger partial charge in [0.05, 0.1) is 6.54 Å². The van der Waals surface area contributed by atoms with Gasteiger partial charge in [0.25, 0.3) is 5.91 Å². The number of carbonyl (C=O) groups is 3. The molecule has 2 aliphatic heterocycles. The Kier molecular flexibility index (Phi) is 6.96. The Morgan fingerprint density at radius 3 is 2.31 bits per heavy atom. The number of hydrogen-bond acceptors (Lipinski definition) is 5. The molecule has 168 valence electrons. The molecule has 0 aromatic heterocycles. The Morgan fingerprint density at radius 2 is 1.62 bits per heavy atom. The molecular weight excluding hydrogens is 422 g/mol. The first-order valence-electron chi connectivity index (χ1n) is 11.1. The molecule has 0 bridgehead atoms. The summed E-state index contributed by atoms with van der Waals surface area (Å²) < 4.78 is 1.18. The van der Waals surface area contributed by atoms with E-state index in [-0.39, 0.29) is 6.54 Å². The molecule has 2 heterocycles. The van der Waals surface area contributed by atoms with Gasteiger partial charge in [-0.1, -0.05) is 48.4 Å². The van der Waals surface area contributed by atoms with E-state index in [0.29, 0.717) is 6.54 Å². The number of nitrogens with zero attached hydrogens (tertiary/aromatic N) is 3. The van der Waals surface area contributed by atoms with E-state index >= 15 is 0 Å². The van der Waals surface area contributed by atoms with E-state index in [1.807, 2.05) is 62.4 Å². The first-order valence-corrected chi connectivity index (χ1v) is 11.9. The molecule has 2 saturated heterocycles. The first kappa shape index (κ1) is 22.6. The fourth-order valence-electron chi connectivity index (χ4n) is 4.30. The van der Waals surface area contributed by atoms with Crippen LogP contribution >= 0.6 is 11.9 Å². The van der Waals surface area contributed by atoms with E-state index in [4.69, 9.17) is 0 Å². The van der Waals surface area contributed by atoms with Crippen LogP contribution < -0.4 is 0 Å². The van der Waals surface area contributed by atoms with Gasteiger partial charge in [-0.05, 0) is 75.0 Å². The lowest BCUT2D eigenvalue weighted by Gasteiger charge is -2.38. The van der Waals surface area contributed by atoms with Crippen molar-refractivity contribution in [3.63, 3.8) is 0 Å². The van der Waals surface area contributed by atoms with Gasteiger partial charge in [-0.15, -0.1) is 0 Å². The number of barbiturate groups is 1. The third-order valence-corrected chi connectivity index (χ3v) is 7.12. The molecule has 0 radical (unpaired) electrons. The smallest absolute Gasteiger partial charge is 0.302 e. The van der Waals surface area contributed by atoms with Crippen LogP contribution in [0, 0.1) is 19.8 Å². The number of piperidine rings is 1. The van der Waals surface area contributed by atoms with E-state index in [0.717, 1.165) is 59.5 Å². The van der Waals surface area contributed by atoms with Crippen LogP contribution in [0.2, 0.25) is 0 Å². The Morgan fingerprint density at radius 1 is 0.906 bits per heavy atom. The second-order valence-electron chi connectivity index (χ2n) is 8.59. The maximum Gasteiger partial charge on any atom is 0.344 e. The number of urea groups is 1. The van der Waals surface area contributed by atoms with Gasteiger partial charge in [0.1, 0.15) is 5.92 Å². The van der Waals surface area contributed by atoms with Crippen molar-refractivity contribution in [2.24, 2.45) is 5.92 Å². The van der Waals surface area contributed by atoms with Gasteiger partial charge in [-0.3, -0.25) is 14.5 Å². The molecule has 7 heteroatoms. The third-order valence-electron chi connectivity index (χ3n) is 6.12. The zero-order valence-corrected chi connectivity index (χ0v) is 19.4. The fourth-order valence-corrected chi connectivity index (χ4v) is 5.18. The highest BCUT2D eigenvalue weighted by molar-refractivity contribution is 7.98. The van der Waals surface area contributed by atoms with Gasteiger partial charge in [0.2, 0.25) is 5.91 Å². The zero-order chi connectivity index (χ0) is 22.7. The van der Waals surface area contributed by atoms with Crippen LogP contribution in [0.3, 0.4) is 0 Å². The molecule has 6 nitrogen and oxygen atoms in total.